The summed E-state index contributed by atoms with van der Waals surface area (Å²) < 4.78 is 1.58. The Balaban J connectivity index is 1.35. The lowest BCUT2D eigenvalue weighted by Crippen LogP contribution is -2.48. The van der Waals surface area contributed by atoms with E-state index in [0.29, 0.717) is 13.1 Å². The number of rotatable bonds is 6. The van der Waals surface area contributed by atoms with Crippen LogP contribution in [0.2, 0.25) is 0 Å². The number of aromatic amines is 2. The molecule has 3 N–H and O–H groups in total. The molecule has 2 aromatic rings. The standard InChI is InChI=1S/C19H26N6O3/c26-17-10-13-4-3-6-15(13)23-25(17)9-8-24-7-2-1-5-14(24)11-20-18(27)16-12-21-19(28)22-16/h10,12,14H,1-9,11H2,(H,20,27)(H2,21,22,28). The van der Waals surface area contributed by atoms with Gasteiger partial charge in [-0.05, 0) is 44.2 Å². The Morgan fingerprint density at radius 3 is 2.93 bits per heavy atom. The maximum absolute atomic E-state index is 12.3. The van der Waals surface area contributed by atoms with Crippen molar-refractivity contribution in [2.75, 3.05) is 19.6 Å². The second-order valence-corrected chi connectivity index (χ2v) is 7.58. The molecule has 1 unspecified atom stereocenters. The van der Waals surface area contributed by atoms with Gasteiger partial charge in [0.15, 0.2) is 0 Å². The molecule has 1 amide bonds. The largest absolute Gasteiger partial charge is 0.349 e. The Morgan fingerprint density at radius 2 is 2.11 bits per heavy atom. The molecular weight excluding hydrogens is 360 g/mol. The molecule has 0 radical (unpaired) electrons. The number of piperidine rings is 1. The highest BCUT2D eigenvalue weighted by atomic mass is 16.2. The minimum absolute atomic E-state index is 0.0288. The van der Waals surface area contributed by atoms with Crippen molar-refractivity contribution in [1.82, 2.24) is 30.0 Å². The van der Waals surface area contributed by atoms with Crippen LogP contribution in [0.4, 0.5) is 0 Å². The molecule has 28 heavy (non-hydrogen) atoms. The van der Waals surface area contributed by atoms with Crippen LogP contribution >= 0.6 is 0 Å². The number of likely N-dealkylation sites (tertiary alicyclic amines) is 1. The summed E-state index contributed by atoms with van der Waals surface area (Å²) in [4.78, 5) is 42.8. The van der Waals surface area contributed by atoms with Gasteiger partial charge < -0.3 is 15.3 Å². The minimum atomic E-state index is -0.392. The Kier molecular flexibility index (Phi) is 5.43. The van der Waals surface area contributed by atoms with Gasteiger partial charge in [-0.25, -0.2) is 9.48 Å². The zero-order chi connectivity index (χ0) is 19.5. The van der Waals surface area contributed by atoms with E-state index in [0.717, 1.165) is 62.9 Å². The van der Waals surface area contributed by atoms with Gasteiger partial charge in [0.25, 0.3) is 11.5 Å². The predicted molar refractivity (Wildman–Crippen MR) is 103 cm³/mol. The number of carbonyl (C=O) groups is 1. The monoisotopic (exact) mass is 386 g/mol. The van der Waals surface area contributed by atoms with Crippen LogP contribution in [0, 0.1) is 0 Å². The first kappa shape index (κ1) is 18.7. The maximum Gasteiger partial charge on any atom is 0.323 e. The van der Waals surface area contributed by atoms with Crippen LogP contribution in [0.5, 0.6) is 0 Å². The molecule has 0 aromatic carbocycles. The summed E-state index contributed by atoms with van der Waals surface area (Å²) in [6.07, 6.45) is 7.59. The maximum atomic E-state index is 12.3. The number of hydrogen-bond acceptors (Lipinski definition) is 5. The molecular formula is C19H26N6O3. The van der Waals surface area contributed by atoms with E-state index in [1.54, 1.807) is 10.7 Å². The minimum Gasteiger partial charge on any atom is -0.349 e. The molecule has 3 heterocycles. The Labute approximate surface area is 162 Å². The van der Waals surface area contributed by atoms with Crippen molar-refractivity contribution in [1.29, 1.82) is 0 Å². The Morgan fingerprint density at radius 1 is 1.21 bits per heavy atom. The van der Waals surface area contributed by atoms with E-state index >= 15 is 0 Å². The van der Waals surface area contributed by atoms with Crippen LogP contribution in [0.1, 0.15) is 47.4 Å². The van der Waals surface area contributed by atoms with Crippen molar-refractivity contribution in [2.24, 2.45) is 0 Å². The first-order chi connectivity index (χ1) is 13.6. The molecule has 2 aromatic heterocycles. The molecule has 9 nitrogen and oxygen atoms in total. The van der Waals surface area contributed by atoms with Crippen LogP contribution in [0.25, 0.3) is 0 Å². The molecule has 0 spiro atoms. The van der Waals surface area contributed by atoms with Gasteiger partial charge >= 0.3 is 5.69 Å². The highest BCUT2D eigenvalue weighted by Crippen LogP contribution is 2.18. The van der Waals surface area contributed by atoms with Crippen molar-refractivity contribution in [3.63, 3.8) is 0 Å². The van der Waals surface area contributed by atoms with Gasteiger partial charge in [-0.2, -0.15) is 5.10 Å². The van der Waals surface area contributed by atoms with E-state index in [1.165, 1.54) is 6.20 Å². The number of aromatic nitrogens is 4. The molecule has 1 aliphatic heterocycles. The molecule has 1 atom stereocenters. The number of imidazole rings is 1. The number of H-pyrrole nitrogens is 2. The molecule has 4 rings (SSSR count). The summed E-state index contributed by atoms with van der Waals surface area (Å²) in [6, 6.07) is 1.95. The second kappa shape index (κ2) is 8.14. The first-order valence-corrected chi connectivity index (χ1v) is 10.00. The van der Waals surface area contributed by atoms with Crippen LogP contribution in [-0.4, -0.2) is 56.2 Å². The quantitative estimate of drug-likeness (QED) is 0.648. The topological polar surface area (TPSA) is 116 Å². The molecule has 1 aliphatic carbocycles. The molecule has 1 saturated heterocycles. The number of nitrogens with zero attached hydrogens (tertiary/aromatic N) is 3. The lowest BCUT2D eigenvalue weighted by molar-refractivity contribution is 0.0904. The number of nitrogens with one attached hydrogen (secondary N) is 3. The van der Waals surface area contributed by atoms with E-state index in [1.807, 2.05) is 0 Å². The summed E-state index contributed by atoms with van der Waals surface area (Å²) in [6.45, 7) is 2.74. The molecule has 0 saturated carbocycles. The fraction of sp³-hybridized carbons (Fsp3) is 0.579. The third-order valence-electron chi connectivity index (χ3n) is 5.71. The van der Waals surface area contributed by atoms with E-state index in [4.69, 9.17) is 0 Å². The van der Waals surface area contributed by atoms with Crippen molar-refractivity contribution in [3.8, 4) is 0 Å². The van der Waals surface area contributed by atoms with Gasteiger partial charge in [-0.3, -0.25) is 14.5 Å². The highest BCUT2D eigenvalue weighted by molar-refractivity contribution is 5.91. The van der Waals surface area contributed by atoms with Crippen molar-refractivity contribution in [3.05, 3.63) is 50.1 Å². The van der Waals surface area contributed by atoms with Crippen molar-refractivity contribution >= 4 is 5.91 Å². The zero-order valence-corrected chi connectivity index (χ0v) is 15.9. The van der Waals surface area contributed by atoms with Crippen LogP contribution in [0.15, 0.2) is 21.9 Å². The van der Waals surface area contributed by atoms with Crippen molar-refractivity contribution < 1.29 is 4.79 Å². The average Bonchev–Trinajstić information content (AvgIpc) is 3.33. The predicted octanol–water partition coefficient (Wildman–Crippen LogP) is 0.0329. The number of hydrogen-bond donors (Lipinski definition) is 3. The van der Waals surface area contributed by atoms with Gasteiger partial charge in [0.1, 0.15) is 5.69 Å². The average molecular weight is 386 g/mol. The van der Waals surface area contributed by atoms with Gasteiger partial charge in [-0.15, -0.1) is 0 Å². The van der Waals surface area contributed by atoms with Gasteiger partial charge in [0, 0.05) is 31.4 Å². The summed E-state index contributed by atoms with van der Waals surface area (Å²) >= 11 is 0. The molecule has 1 fully saturated rings. The lowest BCUT2D eigenvalue weighted by Gasteiger charge is -2.35. The number of aryl methyl sites for hydroxylation is 2. The van der Waals surface area contributed by atoms with Gasteiger partial charge in [0.2, 0.25) is 0 Å². The summed E-state index contributed by atoms with van der Waals surface area (Å²) in [5, 5.41) is 7.45. The Bertz CT molecular complexity index is 959. The fourth-order valence-corrected chi connectivity index (χ4v) is 4.17. The number of amides is 1. The molecule has 0 bridgehead atoms. The zero-order valence-electron chi connectivity index (χ0n) is 15.9. The summed E-state index contributed by atoms with van der Waals surface area (Å²) in [5.41, 5.74) is 1.97. The van der Waals surface area contributed by atoms with E-state index in [9.17, 15) is 14.4 Å². The van der Waals surface area contributed by atoms with Crippen LogP contribution in [0.3, 0.4) is 0 Å². The molecule has 150 valence electrons. The smallest absolute Gasteiger partial charge is 0.323 e. The Hall–Kier alpha value is -2.68. The van der Waals surface area contributed by atoms with Gasteiger partial charge in [-0.1, -0.05) is 6.42 Å². The van der Waals surface area contributed by atoms with E-state index in [-0.39, 0.29) is 23.2 Å². The van der Waals surface area contributed by atoms with Crippen molar-refractivity contribution in [2.45, 2.75) is 51.1 Å². The number of carbonyl (C=O) groups excluding carboxylic acids is 1. The van der Waals surface area contributed by atoms with Gasteiger partial charge in [0.05, 0.1) is 12.2 Å². The molecule has 9 heteroatoms. The number of fused-ring (bicyclic) bond motifs is 1. The van der Waals surface area contributed by atoms with E-state index < -0.39 is 5.69 Å². The summed E-state index contributed by atoms with van der Waals surface area (Å²) in [5.74, 6) is -0.291. The first-order valence-electron chi connectivity index (χ1n) is 10.00. The normalized spacial score (nSPS) is 19.5. The third-order valence-corrected chi connectivity index (χ3v) is 5.71. The fourth-order valence-electron chi connectivity index (χ4n) is 4.17. The van der Waals surface area contributed by atoms with Crippen LogP contribution < -0.4 is 16.6 Å². The van der Waals surface area contributed by atoms with E-state index in [2.05, 4.69) is 25.3 Å². The SMILES string of the molecule is O=C(NCC1CCCCN1CCn1nc2c(cc1=O)CCC2)c1c[nH]c(=O)[nH]1. The summed E-state index contributed by atoms with van der Waals surface area (Å²) in [7, 11) is 0. The highest BCUT2D eigenvalue weighted by Gasteiger charge is 2.23. The third kappa shape index (κ3) is 4.09. The second-order valence-electron chi connectivity index (χ2n) is 7.58. The van der Waals surface area contributed by atoms with Crippen LogP contribution in [-0.2, 0) is 19.4 Å². The molecule has 2 aliphatic rings. The lowest BCUT2D eigenvalue weighted by atomic mass is 10.0.